The third kappa shape index (κ3) is 4.74. The zero-order valence-electron chi connectivity index (χ0n) is 14.1. The van der Waals surface area contributed by atoms with Crippen LogP contribution in [0.4, 0.5) is 5.69 Å². The van der Waals surface area contributed by atoms with Crippen LogP contribution in [0.2, 0.25) is 0 Å². The molecule has 0 aliphatic rings. The van der Waals surface area contributed by atoms with E-state index in [1.54, 1.807) is 7.11 Å². The topological polar surface area (TPSA) is 50.4 Å². The van der Waals surface area contributed by atoms with Gasteiger partial charge in [-0.3, -0.25) is 4.79 Å². The molecule has 0 fully saturated rings. The summed E-state index contributed by atoms with van der Waals surface area (Å²) in [7, 11) is 1.64. The molecule has 2 N–H and O–H groups in total. The lowest BCUT2D eigenvalue weighted by Gasteiger charge is -2.16. The Morgan fingerprint density at radius 3 is 2.39 bits per heavy atom. The molecule has 23 heavy (non-hydrogen) atoms. The first-order valence-electron chi connectivity index (χ1n) is 7.74. The van der Waals surface area contributed by atoms with Gasteiger partial charge in [-0.15, -0.1) is 0 Å². The van der Waals surface area contributed by atoms with Crippen LogP contribution >= 0.6 is 0 Å². The number of hydrogen-bond acceptors (Lipinski definition) is 3. The molecule has 4 nitrogen and oxygen atoms in total. The number of rotatable bonds is 6. The van der Waals surface area contributed by atoms with Crippen molar-refractivity contribution in [2.75, 3.05) is 12.4 Å². The minimum atomic E-state index is -0.296. The maximum Gasteiger partial charge on any atom is 0.242 e. The van der Waals surface area contributed by atoms with Gasteiger partial charge in [-0.05, 0) is 61.7 Å². The number of hydrogen-bond donors (Lipinski definition) is 2. The van der Waals surface area contributed by atoms with E-state index in [4.69, 9.17) is 4.74 Å². The summed E-state index contributed by atoms with van der Waals surface area (Å²) >= 11 is 0. The fraction of sp³-hybridized carbons (Fsp3) is 0.316. The van der Waals surface area contributed by atoms with E-state index in [2.05, 4.69) is 36.6 Å². The summed E-state index contributed by atoms with van der Waals surface area (Å²) in [5.41, 5.74) is 4.45. The van der Waals surface area contributed by atoms with E-state index in [0.29, 0.717) is 6.54 Å². The average molecular weight is 312 g/mol. The number of carbonyl (C=O) groups excluding carboxylic acids is 1. The summed E-state index contributed by atoms with van der Waals surface area (Å²) in [6, 6.07) is 13.5. The quantitative estimate of drug-likeness (QED) is 0.859. The highest BCUT2D eigenvalue weighted by atomic mass is 16.5. The van der Waals surface area contributed by atoms with Crippen molar-refractivity contribution in [2.24, 2.45) is 0 Å². The van der Waals surface area contributed by atoms with Crippen LogP contribution in [0.3, 0.4) is 0 Å². The number of nitrogens with one attached hydrogen (secondary N) is 2. The fourth-order valence-electron chi connectivity index (χ4n) is 2.23. The van der Waals surface area contributed by atoms with Gasteiger partial charge in [0.2, 0.25) is 5.91 Å². The van der Waals surface area contributed by atoms with E-state index in [9.17, 15) is 4.79 Å². The zero-order chi connectivity index (χ0) is 16.8. The predicted molar refractivity (Wildman–Crippen MR) is 93.8 cm³/mol. The lowest BCUT2D eigenvalue weighted by atomic mass is 10.1. The molecule has 0 aliphatic carbocycles. The number of benzene rings is 2. The normalized spacial score (nSPS) is 11.7. The Kier molecular flexibility index (Phi) is 5.63. The molecule has 0 aromatic heterocycles. The Morgan fingerprint density at radius 2 is 1.78 bits per heavy atom. The summed E-state index contributed by atoms with van der Waals surface area (Å²) < 4.78 is 5.12. The van der Waals surface area contributed by atoms with Crippen molar-refractivity contribution in [3.63, 3.8) is 0 Å². The second-order valence-electron chi connectivity index (χ2n) is 5.73. The molecule has 2 aromatic rings. The van der Waals surface area contributed by atoms with E-state index < -0.39 is 0 Å². The highest BCUT2D eigenvalue weighted by molar-refractivity contribution is 5.84. The molecule has 122 valence electrons. The van der Waals surface area contributed by atoms with Crippen LogP contribution < -0.4 is 15.4 Å². The van der Waals surface area contributed by atoms with Gasteiger partial charge in [0, 0.05) is 12.2 Å². The number of aryl methyl sites for hydroxylation is 2. The van der Waals surface area contributed by atoms with Gasteiger partial charge in [0.25, 0.3) is 0 Å². The molecular formula is C19H24N2O2. The highest BCUT2D eigenvalue weighted by Gasteiger charge is 2.12. The molecule has 0 heterocycles. The maximum absolute atomic E-state index is 12.2. The van der Waals surface area contributed by atoms with Crippen LogP contribution in [0.15, 0.2) is 42.5 Å². The van der Waals surface area contributed by atoms with Crippen molar-refractivity contribution in [3.05, 3.63) is 59.2 Å². The van der Waals surface area contributed by atoms with Crippen LogP contribution in [0, 0.1) is 13.8 Å². The van der Waals surface area contributed by atoms with Crippen LogP contribution in [-0.4, -0.2) is 19.1 Å². The smallest absolute Gasteiger partial charge is 0.242 e. The zero-order valence-corrected chi connectivity index (χ0v) is 14.1. The molecule has 2 rings (SSSR count). The first-order valence-corrected chi connectivity index (χ1v) is 7.74. The lowest BCUT2D eigenvalue weighted by molar-refractivity contribution is -0.121. The Bertz CT molecular complexity index is 666. The Morgan fingerprint density at radius 1 is 1.09 bits per heavy atom. The molecule has 0 unspecified atom stereocenters. The Labute approximate surface area is 137 Å². The predicted octanol–water partition coefficient (Wildman–Crippen LogP) is 3.43. The monoisotopic (exact) mass is 312 g/mol. The summed E-state index contributed by atoms with van der Waals surface area (Å²) in [6.45, 7) is 6.50. The van der Waals surface area contributed by atoms with Crippen molar-refractivity contribution in [1.29, 1.82) is 0 Å². The number of anilines is 1. The highest BCUT2D eigenvalue weighted by Crippen LogP contribution is 2.15. The molecule has 0 saturated heterocycles. The van der Waals surface area contributed by atoms with E-state index in [0.717, 1.165) is 17.0 Å². The summed E-state index contributed by atoms with van der Waals surface area (Å²) in [5.74, 6) is 0.781. The second kappa shape index (κ2) is 7.68. The lowest BCUT2D eigenvalue weighted by Crippen LogP contribution is -2.37. The van der Waals surface area contributed by atoms with Gasteiger partial charge in [-0.1, -0.05) is 18.2 Å². The maximum atomic E-state index is 12.2. The molecule has 0 bridgehead atoms. The van der Waals surface area contributed by atoms with Crippen molar-refractivity contribution >= 4 is 11.6 Å². The number of methoxy groups -OCH3 is 1. The molecule has 0 saturated carbocycles. The van der Waals surface area contributed by atoms with E-state index in [-0.39, 0.29) is 11.9 Å². The summed E-state index contributed by atoms with van der Waals surface area (Å²) in [6.07, 6.45) is 0. The van der Waals surface area contributed by atoms with E-state index in [1.807, 2.05) is 37.3 Å². The molecule has 4 heteroatoms. The first kappa shape index (κ1) is 16.9. The van der Waals surface area contributed by atoms with Gasteiger partial charge >= 0.3 is 0 Å². The molecular weight excluding hydrogens is 288 g/mol. The number of ether oxygens (including phenoxy) is 1. The molecule has 0 aliphatic heterocycles. The number of carbonyl (C=O) groups is 1. The molecule has 0 radical (unpaired) electrons. The fourth-order valence-corrected chi connectivity index (χ4v) is 2.23. The molecule has 1 amide bonds. The van der Waals surface area contributed by atoms with E-state index in [1.165, 1.54) is 11.1 Å². The standard InChI is InChI=1S/C19H24N2O2/c1-13-5-8-17(11-14(13)2)21-15(3)19(22)20-12-16-6-9-18(23-4)10-7-16/h5-11,15,21H,12H2,1-4H3,(H,20,22)/t15-/m0/s1. The van der Waals surface area contributed by atoms with Crippen LogP contribution in [0.1, 0.15) is 23.6 Å². The van der Waals surface area contributed by atoms with Crippen molar-refractivity contribution in [1.82, 2.24) is 5.32 Å². The largest absolute Gasteiger partial charge is 0.497 e. The average Bonchev–Trinajstić information content (AvgIpc) is 2.56. The molecule has 0 spiro atoms. The third-order valence-corrected chi connectivity index (χ3v) is 3.91. The van der Waals surface area contributed by atoms with Gasteiger partial charge in [0.1, 0.15) is 11.8 Å². The van der Waals surface area contributed by atoms with Gasteiger partial charge in [-0.2, -0.15) is 0 Å². The van der Waals surface area contributed by atoms with Crippen molar-refractivity contribution < 1.29 is 9.53 Å². The Hall–Kier alpha value is -2.49. The second-order valence-corrected chi connectivity index (χ2v) is 5.73. The van der Waals surface area contributed by atoms with Crippen molar-refractivity contribution in [3.8, 4) is 5.75 Å². The van der Waals surface area contributed by atoms with Gasteiger partial charge in [-0.25, -0.2) is 0 Å². The summed E-state index contributed by atoms with van der Waals surface area (Å²) in [4.78, 5) is 12.2. The SMILES string of the molecule is COc1ccc(CNC(=O)[C@H](C)Nc2ccc(C)c(C)c2)cc1. The van der Waals surface area contributed by atoms with Gasteiger partial charge in [0.15, 0.2) is 0 Å². The summed E-state index contributed by atoms with van der Waals surface area (Å²) in [5, 5.41) is 6.17. The van der Waals surface area contributed by atoms with E-state index >= 15 is 0 Å². The minimum absolute atomic E-state index is 0.0287. The van der Waals surface area contributed by atoms with Gasteiger partial charge < -0.3 is 15.4 Å². The van der Waals surface area contributed by atoms with Gasteiger partial charge in [0.05, 0.1) is 7.11 Å². The Balaban J connectivity index is 1.87. The van der Waals surface area contributed by atoms with Crippen LogP contribution in [0.5, 0.6) is 5.75 Å². The number of amides is 1. The molecule has 1 atom stereocenters. The first-order chi connectivity index (χ1) is 11.0. The third-order valence-electron chi connectivity index (χ3n) is 3.91. The van der Waals surface area contributed by atoms with Crippen molar-refractivity contribution in [2.45, 2.75) is 33.4 Å². The molecule has 2 aromatic carbocycles. The van der Waals surface area contributed by atoms with Crippen LogP contribution in [0.25, 0.3) is 0 Å². The minimum Gasteiger partial charge on any atom is -0.497 e. The van der Waals surface area contributed by atoms with Crippen LogP contribution in [-0.2, 0) is 11.3 Å².